The number of hydrogen-bond acceptors (Lipinski definition) is 4. The highest BCUT2D eigenvalue weighted by Crippen LogP contribution is 2.45. The van der Waals surface area contributed by atoms with Crippen LogP contribution in [-0.2, 0) is 4.79 Å². The van der Waals surface area contributed by atoms with Crippen LogP contribution in [0, 0.1) is 0 Å². The topological polar surface area (TPSA) is 38.3 Å². The molecule has 1 N–H and O–H groups in total. The van der Waals surface area contributed by atoms with Gasteiger partial charge in [0, 0.05) is 18.1 Å². The number of carbonyl (C=O) groups excluding carboxylic acids is 1. The summed E-state index contributed by atoms with van der Waals surface area (Å²) >= 11 is 3.98. The minimum atomic E-state index is -0.0515. The molecule has 1 fully saturated rings. The molecule has 0 spiro atoms. The van der Waals surface area contributed by atoms with Crippen molar-refractivity contribution in [2.75, 3.05) is 24.7 Å². The van der Waals surface area contributed by atoms with Gasteiger partial charge in [-0.3, -0.25) is 4.79 Å². The van der Waals surface area contributed by atoms with E-state index in [-0.39, 0.29) is 12.5 Å². The third-order valence-corrected chi connectivity index (χ3v) is 6.10. The van der Waals surface area contributed by atoms with Crippen molar-refractivity contribution in [3.05, 3.63) is 29.8 Å². The highest BCUT2D eigenvalue weighted by molar-refractivity contribution is 8.19. The second-order valence-corrected chi connectivity index (χ2v) is 7.36. The summed E-state index contributed by atoms with van der Waals surface area (Å²) in [5, 5.41) is 2.84. The smallest absolute Gasteiger partial charge is 0.257 e. The fraction of sp³-hybridized carbons (Fsp3) is 0.533. The molecule has 0 bridgehead atoms. The van der Waals surface area contributed by atoms with Gasteiger partial charge in [-0.15, -0.1) is 23.5 Å². The molecule has 0 unspecified atom stereocenters. The normalized spacial score (nSPS) is 15.2. The van der Waals surface area contributed by atoms with Crippen molar-refractivity contribution in [1.29, 1.82) is 0 Å². The lowest BCUT2D eigenvalue weighted by molar-refractivity contribution is -0.123. The second-order valence-electron chi connectivity index (χ2n) is 4.63. The Morgan fingerprint density at radius 1 is 1.30 bits per heavy atom. The molecular weight excluding hydrogens is 290 g/mol. The molecule has 2 rings (SSSR count). The van der Waals surface area contributed by atoms with Gasteiger partial charge in [-0.05, 0) is 24.1 Å². The zero-order chi connectivity index (χ0) is 14.2. The molecule has 0 saturated carbocycles. The third kappa shape index (κ3) is 4.94. The van der Waals surface area contributed by atoms with Crippen molar-refractivity contribution >= 4 is 29.4 Å². The van der Waals surface area contributed by atoms with Crippen LogP contribution in [0.5, 0.6) is 5.75 Å². The Balaban J connectivity index is 1.74. The molecule has 20 heavy (non-hydrogen) atoms. The van der Waals surface area contributed by atoms with Crippen LogP contribution < -0.4 is 10.1 Å². The van der Waals surface area contributed by atoms with Gasteiger partial charge in [0.2, 0.25) is 0 Å². The largest absolute Gasteiger partial charge is 0.484 e. The highest BCUT2D eigenvalue weighted by atomic mass is 32.2. The monoisotopic (exact) mass is 311 g/mol. The van der Waals surface area contributed by atoms with E-state index in [4.69, 9.17) is 4.74 Å². The molecule has 110 valence electrons. The lowest BCUT2D eigenvalue weighted by Crippen LogP contribution is -2.29. The number of carbonyl (C=O) groups is 1. The van der Waals surface area contributed by atoms with Gasteiger partial charge in [-0.1, -0.05) is 25.5 Å². The summed E-state index contributed by atoms with van der Waals surface area (Å²) in [6.45, 7) is 2.93. The standard InChI is InChI=1S/C15H21NO2S2/c1-2-3-8-16-14(17)11-18-13-6-4-12(5-7-13)15-19-9-10-20-15/h4-7,15H,2-3,8-11H2,1H3,(H,16,17). The van der Waals surface area contributed by atoms with Crippen LogP contribution >= 0.6 is 23.5 Å². The lowest BCUT2D eigenvalue weighted by Gasteiger charge is -2.10. The first-order chi connectivity index (χ1) is 9.79. The first-order valence-corrected chi connectivity index (χ1v) is 9.12. The van der Waals surface area contributed by atoms with E-state index in [2.05, 4.69) is 24.4 Å². The SMILES string of the molecule is CCCCNC(=O)COc1ccc(C2SCCS2)cc1. The molecule has 1 aliphatic rings. The molecule has 0 radical (unpaired) electrons. The Kier molecular flexibility index (Phi) is 6.60. The van der Waals surface area contributed by atoms with Crippen LogP contribution in [0.25, 0.3) is 0 Å². The van der Waals surface area contributed by atoms with Crippen LogP contribution in [0.1, 0.15) is 29.9 Å². The van der Waals surface area contributed by atoms with E-state index < -0.39 is 0 Å². The Morgan fingerprint density at radius 2 is 2.00 bits per heavy atom. The number of amides is 1. The van der Waals surface area contributed by atoms with Gasteiger partial charge in [-0.25, -0.2) is 0 Å². The van der Waals surface area contributed by atoms with Crippen molar-refractivity contribution in [2.45, 2.75) is 24.3 Å². The molecule has 0 aromatic heterocycles. The average Bonchev–Trinajstić information content (AvgIpc) is 3.00. The zero-order valence-corrected chi connectivity index (χ0v) is 13.4. The molecule has 0 atom stereocenters. The number of thioether (sulfide) groups is 2. The number of ether oxygens (including phenoxy) is 1. The van der Waals surface area contributed by atoms with Gasteiger partial charge in [0.15, 0.2) is 6.61 Å². The summed E-state index contributed by atoms with van der Waals surface area (Å²) in [4.78, 5) is 11.5. The van der Waals surface area contributed by atoms with Gasteiger partial charge >= 0.3 is 0 Å². The Bertz CT molecular complexity index is 416. The molecular formula is C15H21NO2S2. The number of hydrogen-bond donors (Lipinski definition) is 1. The molecule has 1 aliphatic heterocycles. The predicted octanol–water partition coefficient (Wildman–Crippen LogP) is 3.46. The summed E-state index contributed by atoms with van der Waals surface area (Å²) in [6, 6.07) is 8.10. The minimum absolute atomic E-state index is 0.0515. The van der Waals surface area contributed by atoms with Crippen molar-refractivity contribution in [1.82, 2.24) is 5.32 Å². The molecule has 1 amide bonds. The summed E-state index contributed by atoms with van der Waals surface area (Å²) < 4.78 is 6.05. The van der Waals surface area contributed by atoms with E-state index in [9.17, 15) is 4.79 Å². The third-order valence-electron chi connectivity index (χ3n) is 3.00. The van der Waals surface area contributed by atoms with Crippen LogP contribution in [0.2, 0.25) is 0 Å². The fourth-order valence-electron chi connectivity index (χ4n) is 1.88. The maximum Gasteiger partial charge on any atom is 0.257 e. The Morgan fingerprint density at radius 3 is 2.65 bits per heavy atom. The maximum absolute atomic E-state index is 11.5. The van der Waals surface area contributed by atoms with E-state index in [0.29, 0.717) is 4.58 Å². The zero-order valence-electron chi connectivity index (χ0n) is 11.8. The van der Waals surface area contributed by atoms with E-state index in [1.54, 1.807) is 0 Å². The van der Waals surface area contributed by atoms with Crippen molar-refractivity contribution in [3.63, 3.8) is 0 Å². The average molecular weight is 311 g/mol. The number of benzene rings is 1. The van der Waals surface area contributed by atoms with Gasteiger partial charge in [-0.2, -0.15) is 0 Å². The Hall–Kier alpha value is -0.810. The first kappa shape index (κ1) is 15.6. The highest BCUT2D eigenvalue weighted by Gasteiger charge is 2.17. The lowest BCUT2D eigenvalue weighted by atomic mass is 10.2. The fourth-order valence-corrected chi connectivity index (χ4v) is 4.74. The maximum atomic E-state index is 11.5. The Labute approximate surface area is 129 Å². The summed E-state index contributed by atoms with van der Waals surface area (Å²) in [5.41, 5.74) is 1.33. The molecule has 1 saturated heterocycles. The second kappa shape index (κ2) is 8.47. The van der Waals surface area contributed by atoms with Gasteiger partial charge in [0.1, 0.15) is 5.75 Å². The van der Waals surface area contributed by atoms with E-state index in [0.717, 1.165) is 25.1 Å². The molecule has 0 aliphatic carbocycles. The van der Waals surface area contributed by atoms with Crippen molar-refractivity contribution in [3.8, 4) is 5.75 Å². The summed E-state index contributed by atoms with van der Waals surface area (Å²) in [5.74, 6) is 3.16. The first-order valence-electron chi connectivity index (χ1n) is 7.02. The number of nitrogens with one attached hydrogen (secondary N) is 1. The summed E-state index contributed by atoms with van der Waals surface area (Å²) in [7, 11) is 0. The van der Waals surface area contributed by atoms with Crippen molar-refractivity contribution < 1.29 is 9.53 Å². The van der Waals surface area contributed by atoms with E-state index in [1.165, 1.54) is 17.1 Å². The van der Waals surface area contributed by atoms with Crippen LogP contribution in [-0.4, -0.2) is 30.6 Å². The minimum Gasteiger partial charge on any atom is -0.484 e. The van der Waals surface area contributed by atoms with Crippen LogP contribution in [0.15, 0.2) is 24.3 Å². The molecule has 3 nitrogen and oxygen atoms in total. The summed E-state index contributed by atoms with van der Waals surface area (Å²) in [6.07, 6.45) is 2.09. The van der Waals surface area contributed by atoms with E-state index in [1.807, 2.05) is 35.7 Å². The quantitative estimate of drug-likeness (QED) is 0.783. The van der Waals surface area contributed by atoms with Crippen LogP contribution in [0.3, 0.4) is 0 Å². The number of rotatable bonds is 7. The molecule has 1 aromatic rings. The molecule has 1 heterocycles. The van der Waals surface area contributed by atoms with Crippen LogP contribution in [0.4, 0.5) is 0 Å². The molecule has 5 heteroatoms. The van der Waals surface area contributed by atoms with E-state index >= 15 is 0 Å². The van der Waals surface area contributed by atoms with Gasteiger partial charge in [0.25, 0.3) is 5.91 Å². The predicted molar refractivity (Wildman–Crippen MR) is 87.5 cm³/mol. The van der Waals surface area contributed by atoms with Crippen molar-refractivity contribution in [2.24, 2.45) is 0 Å². The number of unbranched alkanes of at least 4 members (excludes halogenated alkanes) is 1. The van der Waals surface area contributed by atoms with Gasteiger partial charge in [0.05, 0.1) is 4.58 Å². The molecule has 1 aromatic carbocycles. The van der Waals surface area contributed by atoms with Gasteiger partial charge < -0.3 is 10.1 Å².